The van der Waals surface area contributed by atoms with Crippen LogP contribution in [0.5, 0.6) is 5.75 Å². The first-order chi connectivity index (χ1) is 18.8. The van der Waals surface area contributed by atoms with Gasteiger partial charge in [0, 0.05) is 50.5 Å². The average molecular weight is 623 g/mol. The summed E-state index contributed by atoms with van der Waals surface area (Å²) in [7, 11) is -2.13. The second-order valence-corrected chi connectivity index (χ2v) is 12.1. The number of methoxy groups -OCH3 is 1. The molecule has 0 radical (unpaired) electrons. The highest BCUT2D eigenvalue weighted by Gasteiger charge is 2.21. The lowest BCUT2D eigenvalue weighted by molar-refractivity contribution is 0.0948. The van der Waals surface area contributed by atoms with E-state index < -0.39 is 10.0 Å². The second kappa shape index (κ2) is 13.0. The quantitative estimate of drug-likeness (QED) is 0.278. The maximum absolute atomic E-state index is 12.7. The normalized spacial score (nSPS) is 14.0. The Balaban J connectivity index is 0.00000370. The monoisotopic (exact) mass is 621 g/mol. The number of hydrogen-bond acceptors (Lipinski definition) is 8. The Labute approximate surface area is 248 Å². The minimum atomic E-state index is -3.73. The number of piperazine rings is 1. The molecular formula is C27H29Cl2N5O4S2. The average Bonchev–Trinajstić information content (AvgIpc) is 3.38. The van der Waals surface area contributed by atoms with Crippen LogP contribution < -0.4 is 19.7 Å². The molecule has 1 aromatic heterocycles. The smallest absolute Gasteiger partial charge is 0.261 e. The third-order valence-corrected chi connectivity index (χ3v) is 9.22. The standard InChI is InChI=1S/C27H28ClN5O4S2.ClH/c1-37-25-22(28)10-11-23-24(25)30-27(38-23)33-16-14-32(15-17-33)13-12-29-26(34)19-6-5-7-20(18-19)31-39(35,36)21-8-3-2-4-9-21;/h2-11,18,31H,12-17H2,1H3,(H,29,34);1H. The van der Waals surface area contributed by atoms with E-state index in [9.17, 15) is 13.2 Å². The molecule has 0 bridgehead atoms. The zero-order valence-electron chi connectivity index (χ0n) is 21.7. The lowest BCUT2D eigenvalue weighted by Gasteiger charge is -2.34. The number of sulfonamides is 1. The van der Waals surface area contributed by atoms with E-state index in [0.29, 0.717) is 35.1 Å². The first-order valence-corrected chi connectivity index (χ1v) is 15.1. The Morgan fingerprint density at radius 3 is 2.52 bits per heavy atom. The van der Waals surface area contributed by atoms with Crippen molar-refractivity contribution in [3.63, 3.8) is 0 Å². The number of ether oxygens (including phenoxy) is 1. The van der Waals surface area contributed by atoms with Crippen molar-refractivity contribution in [2.24, 2.45) is 0 Å². The van der Waals surface area contributed by atoms with E-state index in [-0.39, 0.29) is 23.2 Å². The van der Waals surface area contributed by atoms with Gasteiger partial charge in [0.05, 0.1) is 21.7 Å². The number of carbonyl (C=O) groups is 1. The molecule has 0 saturated carbocycles. The summed E-state index contributed by atoms with van der Waals surface area (Å²) in [5.41, 5.74) is 1.50. The van der Waals surface area contributed by atoms with Crippen LogP contribution in [0, 0.1) is 0 Å². The summed E-state index contributed by atoms with van der Waals surface area (Å²) < 4.78 is 34.2. The van der Waals surface area contributed by atoms with E-state index in [4.69, 9.17) is 21.3 Å². The number of hydrogen-bond donors (Lipinski definition) is 2. The van der Waals surface area contributed by atoms with Crippen molar-refractivity contribution in [2.45, 2.75) is 4.90 Å². The Morgan fingerprint density at radius 2 is 1.80 bits per heavy atom. The molecular weight excluding hydrogens is 593 g/mol. The van der Waals surface area contributed by atoms with E-state index >= 15 is 0 Å². The summed E-state index contributed by atoms with van der Waals surface area (Å²) in [5, 5.41) is 4.43. The molecule has 1 saturated heterocycles. The Hall–Kier alpha value is -3.09. The number of nitrogens with one attached hydrogen (secondary N) is 2. The summed E-state index contributed by atoms with van der Waals surface area (Å²) in [4.78, 5) is 22.2. The van der Waals surface area contributed by atoms with Gasteiger partial charge in [-0.1, -0.05) is 47.2 Å². The molecule has 0 atom stereocenters. The fourth-order valence-electron chi connectivity index (χ4n) is 4.39. The first-order valence-electron chi connectivity index (χ1n) is 12.4. The fourth-order valence-corrected chi connectivity index (χ4v) is 6.71. The van der Waals surface area contributed by atoms with Crippen molar-refractivity contribution in [2.75, 3.05) is 56.0 Å². The lowest BCUT2D eigenvalue weighted by Crippen LogP contribution is -2.48. The third-order valence-electron chi connectivity index (χ3n) is 6.45. The van der Waals surface area contributed by atoms with Gasteiger partial charge in [-0.2, -0.15) is 0 Å². The molecule has 13 heteroatoms. The number of rotatable bonds is 9. The fraction of sp³-hybridized carbons (Fsp3) is 0.259. The molecule has 1 amide bonds. The molecule has 4 aromatic rings. The zero-order valence-corrected chi connectivity index (χ0v) is 24.9. The highest BCUT2D eigenvalue weighted by atomic mass is 35.5. The van der Waals surface area contributed by atoms with Crippen LogP contribution in [-0.4, -0.2) is 70.6 Å². The Kier molecular flexibility index (Phi) is 9.75. The number of aromatic nitrogens is 1. The van der Waals surface area contributed by atoms with E-state index in [1.54, 1.807) is 54.8 Å². The summed E-state index contributed by atoms with van der Waals surface area (Å²) in [5.74, 6) is 0.349. The van der Waals surface area contributed by atoms with Crippen LogP contribution in [0.4, 0.5) is 10.8 Å². The van der Waals surface area contributed by atoms with Crippen LogP contribution in [0.15, 0.2) is 71.6 Å². The highest BCUT2D eigenvalue weighted by Crippen LogP contribution is 2.38. The second-order valence-electron chi connectivity index (χ2n) is 9.01. The van der Waals surface area contributed by atoms with Crippen molar-refractivity contribution < 1.29 is 17.9 Å². The topological polar surface area (TPSA) is 104 Å². The predicted molar refractivity (Wildman–Crippen MR) is 163 cm³/mol. The van der Waals surface area contributed by atoms with Gasteiger partial charge in [-0.25, -0.2) is 13.4 Å². The van der Waals surface area contributed by atoms with Crippen molar-refractivity contribution >= 4 is 72.3 Å². The van der Waals surface area contributed by atoms with E-state index in [0.717, 1.165) is 41.5 Å². The highest BCUT2D eigenvalue weighted by molar-refractivity contribution is 7.92. The first kappa shape index (κ1) is 29.9. The zero-order chi connectivity index (χ0) is 27.4. The number of anilines is 2. The number of amides is 1. The molecule has 2 heterocycles. The molecule has 9 nitrogen and oxygen atoms in total. The molecule has 1 fully saturated rings. The number of carbonyl (C=O) groups excluding carboxylic acids is 1. The predicted octanol–water partition coefficient (Wildman–Crippen LogP) is 4.73. The van der Waals surface area contributed by atoms with Crippen LogP contribution in [0.25, 0.3) is 10.2 Å². The Bertz CT molecular complexity index is 1580. The van der Waals surface area contributed by atoms with Gasteiger partial charge < -0.3 is 15.0 Å². The van der Waals surface area contributed by atoms with Crippen LogP contribution in [-0.2, 0) is 10.0 Å². The molecule has 0 spiro atoms. The van der Waals surface area contributed by atoms with E-state index in [1.165, 1.54) is 18.2 Å². The van der Waals surface area contributed by atoms with Crippen LogP contribution >= 0.6 is 35.3 Å². The van der Waals surface area contributed by atoms with Gasteiger partial charge in [0.1, 0.15) is 5.52 Å². The van der Waals surface area contributed by atoms with Crippen molar-refractivity contribution in [3.8, 4) is 5.75 Å². The largest absolute Gasteiger partial charge is 0.493 e. The van der Waals surface area contributed by atoms with Gasteiger partial charge in [-0.05, 0) is 42.5 Å². The molecule has 1 aliphatic rings. The van der Waals surface area contributed by atoms with Gasteiger partial charge in [0.25, 0.3) is 15.9 Å². The van der Waals surface area contributed by atoms with Crippen molar-refractivity contribution in [3.05, 3.63) is 77.3 Å². The molecule has 2 N–H and O–H groups in total. The van der Waals surface area contributed by atoms with Gasteiger partial charge in [-0.15, -0.1) is 12.4 Å². The minimum absolute atomic E-state index is 0. The van der Waals surface area contributed by atoms with Gasteiger partial charge >= 0.3 is 0 Å². The number of thiazole rings is 1. The molecule has 5 rings (SSSR count). The maximum atomic E-state index is 12.7. The van der Waals surface area contributed by atoms with Gasteiger partial charge in [-0.3, -0.25) is 14.4 Å². The molecule has 0 unspecified atom stereocenters. The molecule has 212 valence electrons. The summed E-state index contributed by atoms with van der Waals surface area (Å²) >= 11 is 7.87. The van der Waals surface area contributed by atoms with E-state index in [2.05, 4.69) is 19.8 Å². The molecule has 1 aliphatic heterocycles. The van der Waals surface area contributed by atoms with Crippen molar-refractivity contribution in [1.82, 2.24) is 15.2 Å². The SMILES string of the molecule is COc1c(Cl)ccc2sc(N3CCN(CCNC(=O)c4cccc(NS(=O)(=O)c5ccccc5)c4)CC3)nc12.Cl. The van der Waals surface area contributed by atoms with Crippen LogP contribution in [0.2, 0.25) is 5.02 Å². The van der Waals surface area contributed by atoms with Crippen LogP contribution in [0.1, 0.15) is 10.4 Å². The summed E-state index contributed by atoms with van der Waals surface area (Å²) in [6, 6.07) is 18.4. The number of nitrogens with zero attached hydrogens (tertiary/aromatic N) is 3. The maximum Gasteiger partial charge on any atom is 0.261 e. The lowest BCUT2D eigenvalue weighted by atomic mass is 10.2. The summed E-state index contributed by atoms with van der Waals surface area (Å²) in [6.45, 7) is 4.54. The van der Waals surface area contributed by atoms with Gasteiger partial charge in [0.15, 0.2) is 10.9 Å². The van der Waals surface area contributed by atoms with Crippen molar-refractivity contribution in [1.29, 1.82) is 0 Å². The third kappa shape index (κ3) is 6.79. The number of halogens is 2. The summed E-state index contributed by atoms with van der Waals surface area (Å²) in [6.07, 6.45) is 0. The molecule has 3 aromatic carbocycles. The van der Waals surface area contributed by atoms with Crippen LogP contribution in [0.3, 0.4) is 0 Å². The minimum Gasteiger partial charge on any atom is -0.493 e. The van der Waals surface area contributed by atoms with E-state index in [1.807, 2.05) is 12.1 Å². The number of fused-ring (bicyclic) bond motifs is 1. The molecule has 40 heavy (non-hydrogen) atoms. The van der Waals surface area contributed by atoms with Gasteiger partial charge in [0.2, 0.25) is 0 Å². The molecule has 0 aliphatic carbocycles. The Morgan fingerprint density at radius 1 is 1.05 bits per heavy atom. The number of benzene rings is 3.